The van der Waals surface area contributed by atoms with Crippen LogP contribution in [0.1, 0.15) is 39.2 Å². The van der Waals surface area contributed by atoms with Crippen molar-refractivity contribution in [3.05, 3.63) is 58.0 Å². The summed E-state index contributed by atoms with van der Waals surface area (Å²) in [5, 5.41) is 12.8. The second kappa shape index (κ2) is 10.7. The number of piperazine rings is 1. The average molecular weight is 662 g/mol. The normalized spacial score (nSPS) is 28.0. The van der Waals surface area contributed by atoms with Crippen LogP contribution in [0, 0.1) is 11.6 Å². The van der Waals surface area contributed by atoms with Crippen LogP contribution in [-0.4, -0.2) is 81.1 Å². The highest BCUT2D eigenvalue weighted by Crippen LogP contribution is 2.42. The first-order valence-corrected chi connectivity index (χ1v) is 15.5. The first kappa shape index (κ1) is 29.1. The molecule has 248 valence electrons. The molecule has 4 atom stereocenters. The number of phenolic OH excluding ortho intramolecular Hbond substituents is 1. The SMILES string of the molecule is [2H][C@]1(F)CN2CCC[C@@]2(COc2nc(N3CC4CCC3CN4)c3cc(C(F)(F)F)n(-c4cc(O)cc5ccc(F)c(F)c45)c(=O)c3n2)C1. The van der Waals surface area contributed by atoms with Gasteiger partial charge >= 0.3 is 12.2 Å². The Kier molecular flexibility index (Phi) is 6.62. The van der Waals surface area contributed by atoms with Gasteiger partial charge in [-0.3, -0.25) is 14.3 Å². The van der Waals surface area contributed by atoms with Gasteiger partial charge in [-0.25, -0.2) is 13.2 Å². The van der Waals surface area contributed by atoms with Crippen molar-refractivity contribution in [2.75, 3.05) is 37.7 Å². The van der Waals surface area contributed by atoms with Crippen molar-refractivity contribution < 1.29 is 37.6 Å². The summed E-state index contributed by atoms with van der Waals surface area (Å²) >= 11 is 0. The first-order chi connectivity index (χ1) is 22.7. The van der Waals surface area contributed by atoms with E-state index in [1.807, 2.05) is 9.80 Å². The van der Waals surface area contributed by atoms with E-state index in [2.05, 4.69) is 15.3 Å². The second-order valence-electron chi connectivity index (χ2n) is 12.9. The van der Waals surface area contributed by atoms with Gasteiger partial charge in [0.2, 0.25) is 0 Å². The van der Waals surface area contributed by atoms with Crippen LogP contribution in [0.25, 0.3) is 27.4 Å². The quantitative estimate of drug-likeness (QED) is 0.294. The zero-order valence-corrected chi connectivity index (χ0v) is 24.9. The third-order valence-electron chi connectivity index (χ3n) is 10.0. The Morgan fingerprint density at radius 2 is 1.98 bits per heavy atom. The molecule has 2 aromatic heterocycles. The van der Waals surface area contributed by atoms with Gasteiger partial charge in [0, 0.05) is 49.6 Å². The molecule has 2 N–H and O–H groups in total. The number of benzene rings is 2. The minimum Gasteiger partial charge on any atom is -0.508 e. The van der Waals surface area contributed by atoms with Crippen molar-refractivity contribution in [3.63, 3.8) is 0 Å². The van der Waals surface area contributed by atoms with Gasteiger partial charge in [-0.15, -0.1) is 0 Å². The number of rotatable bonds is 5. The number of aromatic nitrogens is 3. The number of phenols is 1. The van der Waals surface area contributed by atoms with Crippen molar-refractivity contribution in [2.45, 2.75) is 62.1 Å². The van der Waals surface area contributed by atoms with E-state index >= 15 is 4.39 Å². The molecule has 0 amide bonds. The number of hydrogen-bond donors (Lipinski definition) is 2. The largest absolute Gasteiger partial charge is 0.508 e. The topological polar surface area (TPSA) is 95.8 Å². The van der Waals surface area contributed by atoms with Gasteiger partial charge in [0.05, 0.1) is 18.0 Å². The lowest BCUT2D eigenvalue weighted by Gasteiger charge is -2.46. The van der Waals surface area contributed by atoms with E-state index in [0.29, 0.717) is 32.1 Å². The number of alkyl halides is 4. The number of pyridine rings is 1. The fraction of sp³-hybridized carbons (Fsp3) is 0.469. The van der Waals surface area contributed by atoms with Gasteiger partial charge < -0.3 is 20.1 Å². The highest BCUT2D eigenvalue weighted by Gasteiger charge is 2.49. The fourth-order valence-corrected chi connectivity index (χ4v) is 7.86. The van der Waals surface area contributed by atoms with Crippen LogP contribution >= 0.6 is 0 Å². The van der Waals surface area contributed by atoms with E-state index in [1.54, 1.807) is 0 Å². The van der Waals surface area contributed by atoms with Crippen molar-refractivity contribution in [1.29, 1.82) is 0 Å². The molecular weight excluding hydrogens is 630 g/mol. The molecule has 5 aliphatic heterocycles. The summed E-state index contributed by atoms with van der Waals surface area (Å²) in [5.74, 6) is -3.39. The molecule has 9 nitrogen and oxygen atoms in total. The molecule has 2 bridgehead atoms. The minimum absolute atomic E-state index is 0.0301. The maximum atomic E-state index is 15.3. The molecule has 5 fully saturated rings. The summed E-state index contributed by atoms with van der Waals surface area (Å²) in [4.78, 5) is 26.8. The molecule has 0 saturated carbocycles. The third-order valence-corrected chi connectivity index (χ3v) is 10.0. The van der Waals surface area contributed by atoms with E-state index in [9.17, 15) is 31.9 Å². The summed E-state index contributed by atoms with van der Waals surface area (Å²) in [5.41, 5.74) is -4.84. The van der Waals surface area contributed by atoms with E-state index < -0.39 is 63.1 Å². The van der Waals surface area contributed by atoms with E-state index in [4.69, 9.17) is 6.11 Å². The Bertz CT molecular complexity index is 2030. The van der Waals surface area contributed by atoms with Crippen molar-refractivity contribution in [3.8, 4) is 17.4 Å². The Balaban J connectivity index is 1.35. The van der Waals surface area contributed by atoms with Crippen molar-refractivity contribution >= 4 is 27.5 Å². The molecule has 0 aliphatic carbocycles. The van der Waals surface area contributed by atoms with Crippen molar-refractivity contribution in [1.82, 2.24) is 24.8 Å². The summed E-state index contributed by atoms with van der Waals surface area (Å²) in [6.45, 7) is 1.29. The highest BCUT2D eigenvalue weighted by molar-refractivity contribution is 5.94. The number of halogens is 6. The number of anilines is 1. The summed E-state index contributed by atoms with van der Waals surface area (Å²) in [6.07, 6.45) is -4.59. The maximum absolute atomic E-state index is 15.3. The molecule has 2 aromatic carbocycles. The number of nitrogens with zero attached hydrogens (tertiary/aromatic N) is 5. The van der Waals surface area contributed by atoms with Crippen LogP contribution < -0.4 is 20.5 Å². The zero-order valence-electron chi connectivity index (χ0n) is 25.9. The monoisotopic (exact) mass is 661 g/mol. The Morgan fingerprint density at radius 3 is 2.70 bits per heavy atom. The van der Waals surface area contributed by atoms with Crippen LogP contribution in [0.3, 0.4) is 0 Å². The van der Waals surface area contributed by atoms with Gasteiger partial charge in [-0.05, 0) is 55.8 Å². The Hall–Kier alpha value is -4.11. The molecule has 47 heavy (non-hydrogen) atoms. The summed E-state index contributed by atoms with van der Waals surface area (Å²) < 4.78 is 103. The van der Waals surface area contributed by atoms with Crippen LogP contribution in [-0.2, 0) is 6.18 Å². The second-order valence-corrected chi connectivity index (χ2v) is 12.9. The molecule has 0 radical (unpaired) electrons. The predicted molar refractivity (Wildman–Crippen MR) is 160 cm³/mol. The van der Waals surface area contributed by atoms with Gasteiger partial charge in [0.1, 0.15) is 35.5 Å². The Morgan fingerprint density at radius 1 is 1.15 bits per heavy atom. The number of fused-ring (bicyclic) bond motifs is 6. The molecule has 15 heteroatoms. The Labute approximate surface area is 265 Å². The summed E-state index contributed by atoms with van der Waals surface area (Å²) in [6, 6.07) is 3.92. The predicted octanol–water partition coefficient (Wildman–Crippen LogP) is 4.83. The number of piperidine rings is 2. The lowest BCUT2D eigenvalue weighted by Crippen LogP contribution is -2.61. The van der Waals surface area contributed by atoms with E-state index in [1.165, 1.54) is 0 Å². The number of ether oxygens (including phenoxy) is 1. The third kappa shape index (κ3) is 4.88. The van der Waals surface area contributed by atoms with Crippen LogP contribution in [0.5, 0.6) is 11.8 Å². The molecule has 9 rings (SSSR count). The molecule has 0 spiro atoms. The van der Waals surface area contributed by atoms with Gasteiger partial charge in [-0.2, -0.15) is 23.1 Å². The molecule has 5 saturated heterocycles. The van der Waals surface area contributed by atoms with Crippen LogP contribution in [0.15, 0.2) is 35.1 Å². The molecule has 5 aliphatic rings. The molecule has 4 aromatic rings. The van der Waals surface area contributed by atoms with Gasteiger partial charge in [-0.1, -0.05) is 6.07 Å². The highest BCUT2D eigenvalue weighted by atomic mass is 19.4. The van der Waals surface area contributed by atoms with Gasteiger partial charge in [0.15, 0.2) is 11.6 Å². The molecule has 7 heterocycles. The molecule has 2 unspecified atom stereocenters. The maximum Gasteiger partial charge on any atom is 0.431 e. The number of hydrogen-bond acceptors (Lipinski definition) is 8. The van der Waals surface area contributed by atoms with Crippen LogP contribution in [0.4, 0.5) is 32.2 Å². The number of nitrogens with one attached hydrogen (secondary N) is 1. The van der Waals surface area contributed by atoms with Gasteiger partial charge in [0.25, 0.3) is 5.56 Å². The fourth-order valence-electron chi connectivity index (χ4n) is 7.86. The lowest BCUT2D eigenvalue weighted by atomic mass is 9.93. The first-order valence-electron chi connectivity index (χ1n) is 16.0. The number of aromatic hydroxyl groups is 1. The summed E-state index contributed by atoms with van der Waals surface area (Å²) in [7, 11) is 0. The smallest absolute Gasteiger partial charge is 0.431 e. The van der Waals surface area contributed by atoms with E-state index in [-0.39, 0.29) is 58.8 Å². The van der Waals surface area contributed by atoms with Crippen molar-refractivity contribution in [2.24, 2.45) is 0 Å². The van der Waals surface area contributed by atoms with E-state index in [0.717, 1.165) is 43.5 Å². The lowest BCUT2D eigenvalue weighted by molar-refractivity contribution is -0.142. The average Bonchev–Trinajstić information content (AvgIpc) is 3.53. The zero-order chi connectivity index (χ0) is 33.7. The minimum atomic E-state index is -5.17. The molecular formula is C32H30F6N6O3. The standard InChI is InChI=1S/C32H30F6N6O3/c33-17-11-31(6-1-7-42(31)13-17)15-47-30-40-27-21(28(41-30)43-14-18-3-4-19(43)12-39-18)10-24(32(36,37)38)44(29(27)46)23-9-20(45)8-16-2-5-22(34)26(35)25(16)23/h2,5,8-10,17-19,39,45H,1,3-4,6-7,11-15H2/t17-,18?,19?,31+/m1/s1/i17D. The van der Waals surface area contributed by atoms with Crippen LogP contribution in [0.2, 0.25) is 0 Å².